The smallest absolute Gasteiger partial charge is 0.0240 e. The fourth-order valence-electron chi connectivity index (χ4n) is 1.41. The highest BCUT2D eigenvalue weighted by Crippen LogP contribution is 2.03. The van der Waals surface area contributed by atoms with E-state index < -0.39 is 0 Å². The fourth-order valence-corrected chi connectivity index (χ4v) is 1.41. The molecule has 0 saturated heterocycles. The second-order valence-corrected chi connectivity index (χ2v) is 3.26. The molecule has 0 fully saturated rings. The lowest BCUT2D eigenvalue weighted by Crippen LogP contribution is -2.23. The lowest BCUT2D eigenvalue weighted by molar-refractivity contribution is 0.328. The van der Waals surface area contributed by atoms with Crippen molar-refractivity contribution >= 4 is 0 Å². The number of rotatable bonds is 6. The minimum absolute atomic E-state index is 0.904. The second kappa shape index (κ2) is 6.17. The number of benzene rings is 1. The highest BCUT2D eigenvalue weighted by atomic mass is 15.1. The summed E-state index contributed by atoms with van der Waals surface area (Å²) in [5.41, 5.74) is 1.33. The van der Waals surface area contributed by atoms with Gasteiger partial charge in [-0.1, -0.05) is 42.5 Å². The summed E-state index contributed by atoms with van der Waals surface area (Å²) in [7, 11) is 0. The number of hydrogen-bond acceptors (Lipinski definition) is 1. The van der Waals surface area contributed by atoms with Crippen molar-refractivity contribution in [1.82, 2.24) is 4.90 Å². The average Bonchev–Trinajstić information content (AvgIpc) is 2.20. The van der Waals surface area contributed by atoms with E-state index in [1.54, 1.807) is 0 Å². The molecule has 1 aromatic carbocycles. The van der Waals surface area contributed by atoms with Gasteiger partial charge in [-0.2, -0.15) is 0 Å². The Morgan fingerprint density at radius 1 is 1.00 bits per heavy atom. The van der Waals surface area contributed by atoms with Gasteiger partial charge in [0.25, 0.3) is 0 Å². The van der Waals surface area contributed by atoms with Gasteiger partial charge in [-0.15, -0.1) is 13.2 Å². The first-order valence-electron chi connectivity index (χ1n) is 4.85. The normalized spacial score (nSPS) is 10.1. The van der Waals surface area contributed by atoms with Crippen molar-refractivity contribution in [3.8, 4) is 0 Å². The van der Waals surface area contributed by atoms with E-state index in [1.165, 1.54) is 5.56 Å². The van der Waals surface area contributed by atoms with Crippen LogP contribution in [0.4, 0.5) is 0 Å². The molecule has 1 aromatic rings. The first-order chi connectivity index (χ1) is 6.86. The van der Waals surface area contributed by atoms with Gasteiger partial charge in [0.05, 0.1) is 0 Å². The van der Waals surface area contributed by atoms with E-state index >= 15 is 0 Å². The molecule has 1 heteroatoms. The summed E-state index contributed by atoms with van der Waals surface area (Å²) in [5.74, 6) is 0. The second-order valence-electron chi connectivity index (χ2n) is 3.26. The zero-order chi connectivity index (χ0) is 10.2. The number of nitrogens with zero attached hydrogens (tertiary/aromatic N) is 1. The first-order valence-corrected chi connectivity index (χ1v) is 4.85. The van der Waals surface area contributed by atoms with E-state index in [9.17, 15) is 0 Å². The first kappa shape index (κ1) is 10.7. The van der Waals surface area contributed by atoms with Crippen LogP contribution in [0.1, 0.15) is 5.56 Å². The highest BCUT2D eigenvalue weighted by molar-refractivity contribution is 5.14. The third kappa shape index (κ3) is 3.58. The minimum atomic E-state index is 0.904. The predicted molar refractivity (Wildman–Crippen MR) is 62.1 cm³/mol. The van der Waals surface area contributed by atoms with Crippen molar-refractivity contribution in [2.24, 2.45) is 0 Å². The van der Waals surface area contributed by atoms with Gasteiger partial charge < -0.3 is 0 Å². The molecule has 0 saturated carbocycles. The molecule has 1 nitrogen and oxygen atoms in total. The van der Waals surface area contributed by atoms with Gasteiger partial charge in [-0.3, -0.25) is 4.90 Å². The summed E-state index contributed by atoms with van der Waals surface area (Å²) in [6.07, 6.45) is 3.85. The molecule has 0 spiro atoms. The SMILES string of the molecule is C=CCN(CC=C)Cc1ccccc1. The van der Waals surface area contributed by atoms with Gasteiger partial charge in [-0.25, -0.2) is 0 Å². The molecule has 0 aliphatic heterocycles. The lowest BCUT2D eigenvalue weighted by atomic mass is 10.2. The van der Waals surface area contributed by atoms with Gasteiger partial charge in [0.15, 0.2) is 0 Å². The van der Waals surface area contributed by atoms with Gasteiger partial charge >= 0.3 is 0 Å². The fraction of sp³-hybridized carbons (Fsp3) is 0.231. The predicted octanol–water partition coefficient (Wildman–Crippen LogP) is 2.86. The molecule has 74 valence electrons. The lowest BCUT2D eigenvalue weighted by Gasteiger charge is -2.18. The maximum absolute atomic E-state index is 3.75. The van der Waals surface area contributed by atoms with E-state index in [2.05, 4.69) is 42.3 Å². The van der Waals surface area contributed by atoms with Crippen molar-refractivity contribution in [2.45, 2.75) is 6.54 Å². The highest BCUT2D eigenvalue weighted by Gasteiger charge is 2.00. The third-order valence-electron chi connectivity index (χ3n) is 2.02. The molecule has 0 bridgehead atoms. The van der Waals surface area contributed by atoms with Crippen molar-refractivity contribution in [3.05, 3.63) is 61.2 Å². The standard InChI is InChI=1S/C13H17N/c1-3-10-14(11-4-2)12-13-8-6-5-7-9-13/h3-9H,1-2,10-12H2. The molecule has 1 rings (SSSR count). The quantitative estimate of drug-likeness (QED) is 0.619. The van der Waals surface area contributed by atoms with Crippen LogP contribution in [-0.4, -0.2) is 18.0 Å². The van der Waals surface area contributed by atoms with E-state index in [0.717, 1.165) is 19.6 Å². The summed E-state index contributed by atoms with van der Waals surface area (Å²) in [4.78, 5) is 2.29. The Bertz CT molecular complexity index is 267. The monoisotopic (exact) mass is 187 g/mol. The Morgan fingerprint density at radius 2 is 1.57 bits per heavy atom. The summed E-state index contributed by atoms with van der Waals surface area (Å²) in [6, 6.07) is 10.4. The third-order valence-corrected chi connectivity index (χ3v) is 2.02. The molecule has 0 aromatic heterocycles. The molecule has 0 aliphatic carbocycles. The largest absolute Gasteiger partial charge is 0.292 e. The zero-order valence-corrected chi connectivity index (χ0v) is 8.52. The summed E-state index contributed by atoms with van der Waals surface area (Å²) < 4.78 is 0. The Kier molecular flexibility index (Phi) is 4.73. The Morgan fingerprint density at radius 3 is 2.07 bits per heavy atom. The van der Waals surface area contributed by atoms with Crippen LogP contribution < -0.4 is 0 Å². The minimum Gasteiger partial charge on any atom is -0.292 e. The van der Waals surface area contributed by atoms with Crippen molar-refractivity contribution in [1.29, 1.82) is 0 Å². The van der Waals surface area contributed by atoms with Crippen LogP contribution in [0, 0.1) is 0 Å². The van der Waals surface area contributed by atoms with Crippen LogP contribution in [-0.2, 0) is 6.54 Å². The Balaban J connectivity index is 2.54. The van der Waals surface area contributed by atoms with Gasteiger partial charge in [0, 0.05) is 19.6 Å². The van der Waals surface area contributed by atoms with Crippen LogP contribution in [0.25, 0.3) is 0 Å². The average molecular weight is 187 g/mol. The Labute approximate surface area is 86.4 Å². The van der Waals surface area contributed by atoms with Crippen LogP contribution in [0.3, 0.4) is 0 Å². The van der Waals surface area contributed by atoms with E-state index in [0.29, 0.717) is 0 Å². The molecule has 0 unspecified atom stereocenters. The van der Waals surface area contributed by atoms with Crippen LogP contribution in [0.15, 0.2) is 55.6 Å². The molecule has 0 N–H and O–H groups in total. The topological polar surface area (TPSA) is 3.24 Å². The van der Waals surface area contributed by atoms with Gasteiger partial charge in [0.2, 0.25) is 0 Å². The zero-order valence-electron chi connectivity index (χ0n) is 8.52. The maximum atomic E-state index is 3.75. The van der Waals surface area contributed by atoms with Crippen molar-refractivity contribution in [3.63, 3.8) is 0 Å². The van der Waals surface area contributed by atoms with Crippen LogP contribution in [0.5, 0.6) is 0 Å². The molecular formula is C13H17N. The molecule has 0 heterocycles. The number of hydrogen-bond donors (Lipinski definition) is 0. The summed E-state index contributed by atoms with van der Waals surface area (Å²) in [6.45, 7) is 10.3. The molecular weight excluding hydrogens is 170 g/mol. The maximum Gasteiger partial charge on any atom is 0.0240 e. The Hall–Kier alpha value is -1.34. The van der Waals surface area contributed by atoms with E-state index in [1.807, 2.05) is 18.2 Å². The molecule has 0 atom stereocenters. The summed E-state index contributed by atoms with van der Waals surface area (Å²) >= 11 is 0. The molecule has 0 amide bonds. The van der Waals surface area contributed by atoms with Gasteiger partial charge in [0.1, 0.15) is 0 Å². The van der Waals surface area contributed by atoms with E-state index in [4.69, 9.17) is 0 Å². The molecule has 14 heavy (non-hydrogen) atoms. The molecule has 0 radical (unpaired) electrons. The van der Waals surface area contributed by atoms with Crippen molar-refractivity contribution in [2.75, 3.05) is 13.1 Å². The summed E-state index contributed by atoms with van der Waals surface area (Å²) in [5, 5.41) is 0. The van der Waals surface area contributed by atoms with E-state index in [-0.39, 0.29) is 0 Å². The van der Waals surface area contributed by atoms with Crippen molar-refractivity contribution < 1.29 is 0 Å². The van der Waals surface area contributed by atoms with Gasteiger partial charge in [-0.05, 0) is 5.56 Å². The molecule has 0 aliphatic rings. The van der Waals surface area contributed by atoms with Crippen LogP contribution >= 0.6 is 0 Å². The van der Waals surface area contributed by atoms with Crippen LogP contribution in [0.2, 0.25) is 0 Å².